The fourth-order valence-corrected chi connectivity index (χ4v) is 4.53. The molecule has 0 aliphatic carbocycles. The van der Waals surface area contributed by atoms with Crippen LogP contribution < -0.4 is 15.4 Å². The van der Waals surface area contributed by atoms with E-state index in [1.165, 1.54) is 10.9 Å². The van der Waals surface area contributed by atoms with Crippen molar-refractivity contribution in [3.05, 3.63) is 36.5 Å². The molecule has 0 saturated carbocycles. The van der Waals surface area contributed by atoms with Crippen molar-refractivity contribution in [3.63, 3.8) is 0 Å². The standard InChI is InChI=1S/C21H33N5O3S.HI/c1-22-21(23-11-6-13-26-14-10-18-7-2-3-9-20(18)26)24-12-16-30(27,28)25-17-19-8-4-5-15-29-19;/h2-3,7,9-10,14,19,25H,4-6,8,11-13,15-17H2,1H3,(H2,22,23,24);1H. The summed E-state index contributed by atoms with van der Waals surface area (Å²) in [4.78, 5) is 4.16. The van der Waals surface area contributed by atoms with Crippen LogP contribution in [0, 0.1) is 0 Å². The van der Waals surface area contributed by atoms with Crippen molar-refractivity contribution in [2.75, 3.05) is 39.0 Å². The van der Waals surface area contributed by atoms with Crippen LogP contribution in [0.2, 0.25) is 0 Å². The molecule has 0 bridgehead atoms. The third-order valence-electron chi connectivity index (χ3n) is 5.24. The number of nitrogens with zero attached hydrogens (tertiary/aromatic N) is 2. The predicted molar refractivity (Wildman–Crippen MR) is 137 cm³/mol. The van der Waals surface area contributed by atoms with Crippen molar-refractivity contribution in [2.24, 2.45) is 4.99 Å². The van der Waals surface area contributed by atoms with Crippen LogP contribution in [-0.2, 0) is 21.3 Å². The molecule has 1 aromatic carbocycles. The fourth-order valence-electron chi connectivity index (χ4n) is 3.58. The zero-order valence-corrected chi connectivity index (χ0v) is 21.2. The topological polar surface area (TPSA) is 96.8 Å². The zero-order chi connectivity index (χ0) is 21.2. The Hall–Kier alpha value is -1.37. The minimum absolute atomic E-state index is 0. The van der Waals surface area contributed by atoms with Gasteiger partial charge in [-0.25, -0.2) is 13.1 Å². The molecule has 2 aromatic rings. The van der Waals surface area contributed by atoms with Crippen LogP contribution in [0.5, 0.6) is 0 Å². The highest BCUT2D eigenvalue weighted by Crippen LogP contribution is 2.15. The van der Waals surface area contributed by atoms with Gasteiger partial charge >= 0.3 is 0 Å². The van der Waals surface area contributed by atoms with Gasteiger partial charge < -0.3 is 19.9 Å². The summed E-state index contributed by atoms with van der Waals surface area (Å²) in [7, 11) is -1.66. The number of fused-ring (bicyclic) bond motifs is 1. The molecule has 3 rings (SSSR count). The molecule has 174 valence electrons. The molecule has 10 heteroatoms. The Bertz CT molecular complexity index is 926. The molecule has 3 N–H and O–H groups in total. The summed E-state index contributed by atoms with van der Waals surface area (Å²) < 4.78 is 34.8. The predicted octanol–water partition coefficient (Wildman–Crippen LogP) is 2.30. The first-order chi connectivity index (χ1) is 14.6. The van der Waals surface area contributed by atoms with Gasteiger partial charge in [-0.2, -0.15) is 0 Å². The smallest absolute Gasteiger partial charge is 0.213 e. The lowest BCUT2D eigenvalue weighted by molar-refractivity contribution is 0.0200. The van der Waals surface area contributed by atoms with Gasteiger partial charge in [0.05, 0.1) is 11.9 Å². The number of ether oxygens (including phenoxy) is 1. The van der Waals surface area contributed by atoms with E-state index in [4.69, 9.17) is 4.74 Å². The Morgan fingerprint density at radius 2 is 2.00 bits per heavy atom. The number of rotatable bonds is 10. The van der Waals surface area contributed by atoms with E-state index in [-0.39, 0.29) is 35.8 Å². The second-order valence-electron chi connectivity index (χ2n) is 7.50. The number of aromatic nitrogens is 1. The molecule has 1 aliphatic heterocycles. The van der Waals surface area contributed by atoms with Crippen LogP contribution in [0.4, 0.5) is 0 Å². The number of aryl methyl sites for hydroxylation is 1. The molecule has 1 aliphatic rings. The van der Waals surface area contributed by atoms with Crippen LogP contribution in [-0.4, -0.2) is 64.1 Å². The first-order valence-electron chi connectivity index (χ1n) is 10.6. The van der Waals surface area contributed by atoms with Gasteiger partial charge in [0, 0.05) is 51.5 Å². The van der Waals surface area contributed by atoms with Gasteiger partial charge in [-0.15, -0.1) is 24.0 Å². The van der Waals surface area contributed by atoms with Gasteiger partial charge in [0.25, 0.3) is 0 Å². The van der Waals surface area contributed by atoms with Crippen LogP contribution in [0.1, 0.15) is 25.7 Å². The highest BCUT2D eigenvalue weighted by molar-refractivity contribution is 14.0. The van der Waals surface area contributed by atoms with E-state index in [1.54, 1.807) is 7.05 Å². The molecule has 8 nitrogen and oxygen atoms in total. The molecule has 0 radical (unpaired) electrons. The lowest BCUT2D eigenvalue weighted by atomic mass is 10.1. The van der Waals surface area contributed by atoms with E-state index in [0.717, 1.165) is 45.4 Å². The van der Waals surface area contributed by atoms with Crippen molar-refractivity contribution in [2.45, 2.75) is 38.3 Å². The van der Waals surface area contributed by atoms with Gasteiger partial charge in [-0.1, -0.05) is 18.2 Å². The normalized spacial score (nSPS) is 17.3. The Morgan fingerprint density at radius 1 is 1.19 bits per heavy atom. The average Bonchev–Trinajstić information content (AvgIpc) is 3.18. The highest BCUT2D eigenvalue weighted by atomic mass is 127. The van der Waals surface area contributed by atoms with Crippen molar-refractivity contribution in [1.29, 1.82) is 0 Å². The number of aliphatic imine (C=N–C) groups is 1. The lowest BCUT2D eigenvalue weighted by Gasteiger charge is -2.22. The van der Waals surface area contributed by atoms with E-state index in [1.807, 2.05) is 12.1 Å². The summed E-state index contributed by atoms with van der Waals surface area (Å²) >= 11 is 0. The van der Waals surface area contributed by atoms with Crippen LogP contribution in [0.25, 0.3) is 10.9 Å². The van der Waals surface area contributed by atoms with E-state index >= 15 is 0 Å². The van der Waals surface area contributed by atoms with E-state index in [0.29, 0.717) is 19.0 Å². The maximum atomic E-state index is 12.2. The van der Waals surface area contributed by atoms with Crippen molar-refractivity contribution >= 4 is 50.9 Å². The third-order valence-corrected chi connectivity index (χ3v) is 6.59. The molecule has 0 amide bonds. The van der Waals surface area contributed by atoms with Gasteiger partial charge in [0.1, 0.15) is 0 Å². The van der Waals surface area contributed by atoms with Gasteiger partial charge in [-0.05, 0) is 43.2 Å². The van der Waals surface area contributed by atoms with Crippen molar-refractivity contribution < 1.29 is 13.2 Å². The maximum absolute atomic E-state index is 12.2. The summed E-state index contributed by atoms with van der Waals surface area (Å²) in [6, 6.07) is 10.5. The largest absolute Gasteiger partial charge is 0.377 e. The number of sulfonamides is 1. The first-order valence-corrected chi connectivity index (χ1v) is 12.3. The summed E-state index contributed by atoms with van der Waals surface area (Å²) in [5.74, 6) is 0.605. The highest BCUT2D eigenvalue weighted by Gasteiger charge is 2.17. The third kappa shape index (κ3) is 8.59. The van der Waals surface area contributed by atoms with Gasteiger partial charge in [-0.3, -0.25) is 4.99 Å². The number of hydrogen-bond donors (Lipinski definition) is 3. The number of nitrogens with one attached hydrogen (secondary N) is 3. The molecule has 2 heterocycles. The summed E-state index contributed by atoms with van der Waals surface area (Å²) in [6.07, 6.45) is 6.09. The van der Waals surface area contributed by atoms with Crippen LogP contribution in [0.3, 0.4) is 0 Å². The first kappa shape index (κ1) is 25.9. The molecule has 0 spiro atoms. The SMILES string of the molecule is CN=C(NCCCn1ccc2ccccc21)NCCS(=O)(=O)NCC1CCCCO1.I. The minimum atomic E-state index is -3.34. The Morgan fingerprint density at radius 3 is 2.77 bits per heavy atom. The minimum Gasteiger partial charge on any atom is -0.377 e. The number of guanidine groups is 1. The monoisotopic (exact) mass is 563 g/mol. The maximum Gasteiger partial charge on any atom is 0.213 e. The van der Waals surface area contributed by atoms with E-state index < -0.39 is 10.0 Å². The number of hydrogen-bond acceptors (Lipinski definition) is 4. The van der Waals surface area contributed by atoms with E-state index in [9.17, 15) is 8.42 Å². The van der Waals surface area contributed by atoms with E-state index in [2.05, 4.69) is 49.3 Å². The molecule has 31 heavy (non-hydrogen) atoms. The van der Waals surface area contributed by atoms with Crippen LogP contribution >= 0.6 is 24.0 Å². The van der Waals surface area contributed by atoms with Gasteiger partial charge in [0.2, 0.25) is 10.0 Å². The molecular formula is C21H34IN5O3S. The van der Waals surface area contributed by atoms with Crippen LogP contribution in [0.15, 0.2) is 41.5 Å². The zero-order valence-electron chi connectivity index (χ0n) is 18.0. The Labute approximate surface area is 202 Å². The summed E-state index contributed by atoms with van der Waals surface area (Å²) in [5.41, 5.74) is 1.23. The Kier molecular flexibility index (Phi) is 11.1. The second kappa shape index (κ2) is 13.2. The fraction of sp³-hybridized carbons (Fsp3) is 0.571. The molecule has 1 aromatic heterocycles. The number of para-hydroxylation sites is 1. The molecule has 1 saturated heterocycles. The number of halogens is 1. The summed E-state index contributed by atoms with van der Waals surface area (Å²) in [6.45, 7) is 3.01. The Balaban J connectivity index is 0.00000341. The van der Waals surface area contributed by atoms with Crippen molar-refractivity contribution in [3.8, 4) is 0 Å². The molecule has 1 atom stereocenters. The summed E-state index contributed by atoms with van der Waals surface area (Å²) in [5, 5.41) is 7.55. The van der Waals surface area contributed by atoms with Crippen molar-refractivity contribution in [1.82, 2.24) is 19.9 Å². The second-order valence-corrected chi connectivity index (χ2v) is 9.43. The average molecular weight is 564 g/mol. The molecule has 1 unspecified atom stereocenters. The molecular weight excluding hydrogens is 529 g/mol. The molecule has 1 fully saturated rings. The number of benzene rings is 1. The lowest BCUT2D eigenvalue weighted by Crippen LogP contribution is -2.42. The quantitative estimate of drug-likeness (QED) is 0.179. The van der Waals surface area contributed by atoms with Gasteiger partial charge in [0.15, 0.2) is 5.96 Å².